The van der Waals surface area contributed by atoms with E-state index in [0.717, 1.165) is 17.6 Å². The smallest absolute Gasteiger partial charge is 0.308 e. The molecule has 0 aromatic heterocycles. The van der Waals surface area contributed by atoms with Gasteiger partial charge in [0.05, 0.1) is 5.56 Å². The van der Waals surface area contributed by atoms with E-state index in [4.69, 9.17) is 11.6 Å². The summed E-state index contributed by atoms with van der Waals surface area (Å²) in [7, 11) is 0. The first-order valence-electron chi connectivity index (χ1n) is 5.13. The highest BCUT2D eigenvalue weighted by Crippen LogP contribution is 2.33. The van der Waals surface area contributed by atoms with E-state index in [-0.39, 0.29) is 12.1 Å². The quantitative estimate of drug-likeness (QED) is 0.909. The molecule has 0 unspecified atom stereocenters. The number of alkyl halides is 3. The molecule has 1 nitrogen and oxygen atoms in total. The normalized spacial score (nSPS) is 16.9. The van der Waals surface area contributed by atoms with Crippen molar-refractivity contribution in [2.75, 3.05) is 11.5 Å². The van der Waals surface area contributed by atoms with Gasteiger partial charge in [-0.15, -0.1) is 0 Å². The van der Waals surface area contributed by atoms with Crippen molar-refractivity contribution in [2.45, 2.75) is 18.8 Å². The number of hydrogen-bond acceptors (Lipinski definition) is 2. The molecule has 0 amide bonds. The van der Waals surface area contributed by atoms with Crippen molar-refractivity contribution in [2.24, 2.45) is 0 Å². The van der Waals surface area contributed by atoms with Gasteiger partial charge in [0.25, 0.3) is 0 Å². The predicted molar refractivity (Wildman–Crippen MR) is 64.4 cm³/mol. The third-order valence-electron chi connectivity index (χ3n) is 2.59. The van der Waals surface area contributed by atoms with E-state index >= 15 is 0 Å². The Morgan fingerprint density at radius 2 is 2.06 bits per heavy atom. The third kappa shape index (κ3) is 3.30. The number of thioether (sulfide) groups is 1. The summed E-state index contributed by atoms with van der Waals surface area (Å²) in [5, 5.41) is 3.43. The minimum Gasteiger partial charge on any atom is -0.308 e. The zero-order chi connectivity index (χ0) is 12.5. The minimum absolute atomic E-state index is 0.209. The number of nitrogens with one attached hydrogen (secondary N) is 1. The lowest BCUT2D eigenvalue weighted by atomic mass is 10.1. The Hall–Kier alpha value is -0.390. The molecule has 6 heteroatoms. The number of benzene rings is 1. The van der Waals surface area contributed by atoms with Gasteiger partial charge < -0.3 is 5.32 Å². The van der Waals surface area contributed by atoms with Gasteiger partial charge in [0, 0.05) is 29.1 Å². The predicted octanol–water partition coefficient (Wildman–Crippen LogP) is 3.56. The van der Waals surface area contributed by atoms with Crippen molar-refractivity contribution < 1.29 is 13.2 Å². The minimum atomic E-state index is -4.32. The Kier molecular flexibility index (Phi) is 3.90. The maximum Gasteiger partial charge on any atom is 0.416 e. The number of halogens is 4. The first-order chi connectivity index (χ1) is 7.97. The van der Waals surface area contributed by atoms with Crippen LogP contribution in [-0.4, -0.2) is 17.5 Å². The Balaban J connectivity index is 2.14. The van der Waals surface area contributed by atoms with Gasteiger partial charge in [0.15, 0.2) is 0 Å². The summed E-state index contributed by atoms with van der Waals surface area (Å²) in [6.07, 6.45) is -4.32. The van der Waals surface area contributed by atoms with Gasteiger partial charge in [-0.2, -0.15) is 24.9 Å². The Bertz CT molecular complexity index is 404. The van der Waals surface area contributed by atoms with E-state index in [0.29, 0.717) is 11.1 Å². The van der Waals surface area contributed by atoms with E-state index in [1.807, 2.05) is 0 Å². The van der Waals surface area contributed by atoms with Crippen LogP contribution in [0.25, 0.3) is 0 Å². The van der Waals surface area contributed by atoms with Gasteiger partial charge in [0.1, 0.15) is 0 Å². The van der Waals surface area contributed by atoms with Crippen LogP contribution < -0.4 is 5.32 Å². The van der Waals surface area contributed by atoms with Crippen molar-refractivity contribution in [3.05, 3.63) is 34.3 Å². The van der Waals surface area contributed by atoms with E-state index in [2.05, 4.69) is 5.32 Å². The molecule has 1 saturated heterocycles. The maximum absolute atomic E-state index is 12.7. The standard InChI is InChI=1S/C11H11ClF3NS/c12-8-1-2-10(11(13,14)15)7(3-8)4-16-9-5-17-6-9/h1-3,9,16H,4-6H2. The van der Waals surface area contributed by atoms with Gasteiger partial charge in [-0.05, 0) is 23.8 Å². The summed E-state index contributed by atoms with van der Waals surface area (Å²) in [6.45, 7) is 0.209. The molecular weight excluding hydrogens is 271 g/mol. The lowest BCUT2D eigenvalue weighted by molar-refractivity contribution is -0.138. The van der Waals surface area contributed by atoms with Crippen molar-refractivity contribution in [1.82, 2.24) is 5.32 Å². The van der Waals surface area contributed by atoms with Crippen LogP contribution in [0.5, 0.6) is 0 Å². The lowest BCUT2D eigenvalue weighted by Gasteiger charge is -2.26. The molecule has 1 aromatic rings. The molecular formula is C11H11ClF3NS. The van der Waals surface area contributed by atoms with Crippen molar-refractivity contribution >= 4 is 23.4 Å². The zero-order valence-corrected chi connectivity index (χ0v) is 10.4. The van der Waals surface area contributed by atoms with Gasteiger partial charge >= 0.3 is 6.18 Å². The van der Waals surface area contributed by atoms with Gasteiger partial charge in [0.2, 0.25) is 0 Å². The highest BCUT2D eigenvalue weighted by atomic mass is 35.5. The summed E-state index contributed by atoms with van der Waals surface area (Å²) < 4.78 is 38.2. The SMILES string of the molecule is FC(F)(F)c1ccc(Cl)cc1CNC1CSC1. The van der Waals surface area contributed by atoms with E-state index in [1.54, 1.807) is 11.8 Å². The first-order valence-corrected chi connectivity index (χ1v) is 6.67. The molecule has 0 aliphatic carbocycles. The number of rotatable bonds is 3. The third-order valence-corrected chi connectivity index (χ3v) is 4.10. The summed E-state index contributed by atoms with van der Waals surface area (Å²) in [5.74, 6) is 1.92. The fourth-order valence-electron chi connectivity index (χ4n) is 1.59. The second kappa shape index (κ2) is 5.08. The molecule has 1 aliphatic heterocycles. The highest BCUT2D eigenvalue weighted by Gasteiger charge is 2.33. The van der Waals surface area contributed by atoms with E-state index < -0.39 is 11.7 Å². The summed E-state index contributed by atoms with van der Waals surface area (Å²) >= 11 is 7.51. The lowest BCUT2D eigenvalue weighted by Crippen LogP contribution is -2.40. The van der Waals surface area contributed by atoms with Crippen LogP contribution in [0, 0.1) is 0 Å². The Labute approximate surface area is 107 Å². The molecule has 0 bridgehead atoms. The molecule has 2 rings (SSSR count). The molecule has 94 valence electrons. The van der Waals surface area contributed by atoms with Crippen molar-refractivity contribution in [1.29, 1.82) is 0 Å². The molecule has 0 radical (unpaired) electrons. The van der Waals surface area contributed by atoms with Crippen LogP contribution in [0.1, 0.15) is 11.1 Å². The van der Waals surface area contributed by atoms with Crippen molar-refractivity contribution in [3.8, 4) is 0 Å². The first kappa shape index (κ1) is 13.1. The molecule has 1 heterocycles. The van der Waals surface area contributed by atoms with Crippen LogP contribution in [-0.2, 0) is 12.7 Å². The van der Waals surface area contributed by atoms with E-state index in [1.165, 1.54) is 12.1 Å². The average Bonchev–Trinajstić information content (AvgIpc) is 2.13. The van der Waals surface area contributed by atoms with Crippen LogP contribution in [0.3, 0.4) is 0 Å². The molecule has 0 spiro atoms. The second-order valence-corrected chi connectivity index (χ2v) is 5.43. The number of hydrogen-bond donors (Lipinski definition) is 1. The summed E-state index contributed by atoms with van der Waals surface area (Å²) in [6, 6.07) is 4.01. The molecule has 1 aliphatic rings. The zero-order valence-electron chi connectivity index (χ0n) is 8.85. The maximum atomic E-state index is 12.7. The molecule has 1 fully saturated rings. The molecule has 1 N–H and O–H groups in total. The Morgan fingerprint density at radius 1 is 1.35 bits per heavy atom. The van der Waals surface area contributed by atoms with Gasteiger partial charge in [-0.25, -0.2) is 0 Å². The van der Waals surface area contributed by atoms with Crippen LogP contribution >= 0.6 is 23.4 Å². The van der Waals surface area contributed by atoms with Crippen LogP contribution in [0.4, 0.5) is 13.2 Å². The van der Waals surface area contributed by atoms with E-state index in [9.17, 15) is 13.2 Å². The summed E-state index contributed by atoms with van der Waals surface area (Å²) in [5.41, 5.74) is -0.400. The Morgan fingerprint density at radius 3 is 2.59 bits per heavy atom. The monoisotopic (exact) mass is 281 g/mol. The molecule has 17 heavy (non-hydrogen) atoms. The largest absolute Gasteiger partial charge is 0.416 e. The topological polar surface area (TPSA) is 12.0 Å². The van der Waals surface area contributed by atoms with Crippen LogP contribution in [0.2, 0.25) is 5.02 Å². The van der Waals surface area contributed by atoms with Crippen LogP contribution in [0.15, 0.2) is 18.2 Å². The second-order valence-electron chi connectivity index (χ2n) is 3.91. The molecule has 1 aromatic carbocycles. The van der Waals surface area contributed by atoms with Gasteiger partial charge in [-0.3, -0.25) is 0 Å². The molecule has 0 atom stereocenters. The molecule has 0 saturated carbocycles. The van der Waals surface area contributed by atoms with Gasteiger partial charge in [-0.1, -0.05) is 11.6 Å². The average molecular weight is 282 g/mol. The summed E-state index contributed by atoms with van der Waals surface area (Å²) in [4.78, 5) is 0. The van der Waals surface area contributed by atoms with Crippen molar-refractivity contribution in [3.63, 3.8) is 0 Å². The fraction of sp³-hybridized carbons (Fsp3) is 0.455. The highest BCUT2D eigenvalue weighted by molar-refractivity contribution is 8.00. The fourth-order valence-corrected chi connectivity index (χ4v) is 2.49.